The van der Waals surface area contributed by atoms with Crippen molar-refractivity contribution in [2.75, 3.05) is 6.67 Å². The molecule has 0 unspecified atom stereocenters. The molecule has 1 aliphatic heterocycles. The Morgan fingerprint density at radius 2 is 1.43 bits per heavy atom. The van der Waals surface area contributed by atoms with Crippen LogP contribution in [0.3, 0.4) is 0 Å². The molecule has 1 saturated heterocycles. The van der Waals surface area contributed by atoms with Gasteiger partial charge in [-0.25, -0.2) is 0 Å². The van der Waals surface area contributed by atoms with Gasteiger partial charge in [0.15, 0.2) is 0 Å². The Kier molecular flexibility index (Phi) is 9.08. The van der Waals surface area contributed by atoms with E-state index in [0.717, 1.165) is 43.1 Å². The zero-order valence-electron chi connectivity index (χ0n) is 17.9. The minimum Gasteiger partial charge on any atom is -0.406 e. The summed E-state index contributed by atoms with van der Waals surface area (Å²) in [6.07, 6.45) is 7.52. The third kappa shape index (κ3) is 7.90. The van der Waals surface area contributed by atoms with Gasteiger partial charge in [-0.3, -0.25) is 4.39 Å². The number of ether oxygens (including phenoxy) is 1. The summed E-state index contributed by atoms with van der Waals surface area (Å²) in [4.78, 5) is 0. The molecule has 3 rings (SSSR count). The van der Waals surface area contributed by atoms with Gasteiger partial charge in [0.1, 0.15) is 5.75 Å². The van der Waals surface area contributed by atoms with Crippen molar-refractivity contribution in [2.24, 2.45) is 11.8 Å². The van der Waals surface area contributed by atoms with E-state index in [0.29, 0.717) is 5.92 Å². The molecular formula is C24H36F4OSi. The summed E-state index contributed by atoms with van der Waals surface area (Å²) in [7, 11) is -0.552. The second kappa shape index (κ2) is 11.5. The van der Waals surface area contributed by atoms with E-state index in [2.05, 4.69) is 4.74 Å². The molecular weight excluding hydrogens is 408 g/mol. The maximum atomic E-state index is 12.3. The van der Waals surface area contributed by atoms with Crippen molar-refractivity contribution in [3.05, 3.63) is 29.8 Å². The molecule has 1 nitrogen and oxygen atoms in total. The summed E-state index contributed by atoms with van der Waals surface area (Å²) in [6, 6.07) is 10.8. The summed E-state index contributed by atoms with van der Waals surface area (Å²) < 4.78 is 53.1. The number of hydrogen-bond acceptors (Lipinski definition) is 1. The highest BCUT2D eigenvalue weighted by molar-refractivity contribution is 6.58. The lowest BCUT2D eigenvalue weighted by Crippen LogP contribution is -2.22. The molecule has 6 heteroatoms. The molecule has 0 atom stereocenters. The first-order chi connectivity index (χ1) is 14.4. The van der Waals surface area contributed by atoms with Crippen LogP contribution in [0.1, 0.15) is 75.7 Å². The van der Waals surface area contributed by atoms with Gasteiger partial charge < -0.3 is 4.74 Å². The Morgan fingerprint density at radius 1 is 0.833 bits per heavy atom. The van der Waals surface area contributed by atoms with Crippen LogP contribution in [0.15, 0.2) is 24.3 Å². The number of rotatable bonds is 9. The summed E-state index contributed by atoms with van der Waals surface area (Å²) in [5.74, 6) is 2.05. The van der Waals surface area contributed by atoms with Gasteiger partial charge >= 0.3 is 6.36 Å². The Morgan fingerprint density at radius 3 is 2.00 bits per heavy atom. The molecule has 2 fully saturated rings. The third-order valence-corrected chi connectivity index (χ3v) is 10.9. The molecule has 0 radical (unpaired) electrons. The summed E-state index contributed by atoms with van der Waals surface area (Å²) in [5, 5.41) is 0. The Labute approximate surface area is 180 Å². The smallest absolute Gasteiger partial charge is 0.406 e. The fraction of sp³-hybridized carbons (Fsp3) is 0.750. The summed E-state index contributed by atoms with van der Waals surface area (Å²) >= 11 is 0. The van der Waals surface area contributed by atoms with Gasteiger partial charge in [-0.15, -0.1) is 13.2 Å². The van der Waals surface area contributed by atoms with E-state index in [4.69, 9.17) is 0 Å². The lowest BCUT2D eigenvalue weighted by Gasteiger charge is -2.32. The molecule has 0 bridgehead atoms. The predicted octanol–water partition coefficient (Wildman–Crippen LogP) is 8.03. The van der Waals surface area contributed by atoms with Crippen LogP contribution in [0.2, 0.25) is 18.1 Å². The second-order valence-electron chi connectivity index (χ2n) is 9.48. The number of hydrogen-bond donors (Lipinski definition) is 0. The summed E-state index contributed by atoms with van der Waals surface area (Å²) in [6.45, 7) is -0.149. The first-order valence-corrected chi connectivity index (χ1v) is 14.3. The first-order valence-electron chi connectivity index (χ1n) is 11.8. The monoisotopic (exact) mass is 444 g/mol. The largest absolute Gasteiger partial charge is 0.573 e. The Bertz CT molecular complexity index is 603. The highest BCUT2D eigenvalue weighted by Crippen LogP contribution is 2.40. The molecule has 2 aliphatic rings. The molecule has 1 aliphatic carbocycles. The number of halogens is 4. The van der Waals surface area contributed by atoms with Crippen LogP contribution in [0.5, 0.6) is 5.75 Å². The normalized spacial score (nSPS) is 27.7. The molecule has 1 heterocycles. The molecule has 1 aromatic carbocycles. The molecule has 1 aromatic rings. The highest BCUT2D eigenvalue weighted by atomic mass is 28.3. The first kappa shape index (κ1) is 23.6. The van der Waals surface area contributed by atoms with E-state index in [9.17, 15) is 17.6 Å². The van der Waals surface area contributed by atoms with Crippen molar-refractivity contribution in [3.8, 4) is 5.75 Å². The minimum absolute atomic E-state index is 0.139. The standard InChI is InChI=1S/C24H36F4OSi/c25-15-1-2-16-30-17-13-20(14-18-30)4-3-19-5-7-21(8-6-19)22-9-11-23(12-10-22)29-24(26,27)28/h9-12,19-21,30H,1-8,13-18H2. The van der Waals surface area contributed by atoms with Crippen LogP contribution < -0.4 is 4.74 Å². The van der Waals surface area contributed by atoms with E-state index < -0.39 is 15.2 Å². The molecule has 1 saturated carbocycles. The third-order valence-electron chi connectivity index (χ3n) is 7.38. The molecule has 0 amide bonds. The second-order valence-corrected chi connectivity index (χ2v) is 12.9. The Balaban J connectivity index is 1.32. The molecule has 170 valence electrons. The van der Waals surface area contributed by atoms with Crippen LogP contribution in [-0.4, -0.2) is 21.8 Å². The average Bonchev–Trinajstić information content (AvgIpc) is 2.73. The fourth-order valence-electron chi connectivity index (χ4n) is 5.53. The highest BCUT2D eigenvalue weighted by Gasteiger charge is 2.31. The lowest BCUT2D eigenvalue weighted by atomic mass is 9.76. The molecule has 0 aromatic heterocycles. The van der Waals surface area contributed by atoms with Gasteiger partial charge in [-0.05, 0) is 67.6 Å². The van der Waals surface area contributed by atoms with Crippen LogP contribution in [0.4, 0.5) is 17.6 Å². The van der Waals surface area contributed by atoms with Crippen molar-refractivity contribution < 1.29 is 22.3 Å². The van der Waals surface area contributed by atoms with Gasteiger partial charge in [-0.2, -0.15) is 0 Å². The number of alkyl halides is 4. The van der Waals surface area contributed by atoms with Crippen LogP contribution >= 0.6 is 0 Å². The molecule has 0 N–H and O–H groups in total. The average molecular weight is 445 g/mol. The summed E-state index contributed by atoms with van der Waals surface area (Å²) in [5.41, 5.74) is 1.14. The van der Waals surface area contributed by atoms with Crippen LogP contribution in [-0.2, 0) is 0 Å². The van der Waals surface area contributed by atoms with E-state index in [1.54, 1.807) is 12.1 Å². The van der Waals surface area contributed by atoms with Crippen molar-refractivity contribution >= 4 is 8.80 Å². The van der Waals surface area contributed by atoms with E-state index >= 15 is 0 Å². The number of unbranched alkanes of at least 4 members (excludes halogenated alkanes) is 1. The van der Waals surface area contributed by atoms with Gasteiger partial charge in [0.05, 0.1) is 6.67 Å². The molecule has 30 heavy (non-hydrogen) atoms. The maximum Gasteiger partial charge on any atom is 0.573 e. The minimum atomic E-state index is -4.63. The Hall–Kier alpha value is -1.04. The van der Waals surface area contributed by atoms with Crippen molar-refractivity contribution in [3.63, 3.8) is 0 Å². The predicted molar refractivity (Wildman–Crippen MR) is 117 cm³/mol. The van der Waals surface area contributed by atoms with E-state index in [1.807, 2.05) is 0 Å². The van der Waals surface area contributed by atoms with Crippen molar-refractivity contribution in [1.29, 1.82) is 0 Å². The number of benzene rings is 1. The van der Waals surface area contributed by atoms with E-state index in [-0.39, 0.29) is 12.4 Å². The lowest BCUT2D eigenvalue weighted by molar-refractivity contribution is -0.274. The molecule has 0 spiro atoms. The van der Waals surface area contributed by atoms with Gasteiger partial charge in [0.2, 0.25) is 0 Å². The quantitative estimate of drug-likeness (QED) is 0.213. The SMILES string of the molecule is FCCCC[SiH]1CCC(CCC2CCC(c3ccc(OC(F)(F)F)cc3)CC2)CC1. The fourth-order valence-corrected chi connectivity index (χ4v) is 9.15. The van der Waals surface area contributed by atoms with Gasteiger partial charge in [0.25, 0.3) is 0 Å². The van der Waals surface area contributed by atoms with E-state index in [1.165, 1.54) is 68.8 Å². The van der Waals surface area contributed by atoms with Crippen molar-refractivity contribution in [1.82, 2.24) is 0 Å². The zero-order valence-corrected chi connectivity index (χ0v) is 19.1. The van der Waals surface area contributed by atoms with Gasteiger partial charge in [0, 0.05) is 8.80 Å². The van der Waals surface area contributed by atoms with Crippen molar-refractivity contribution in [2.45, 2.75) is 94.6 Å². The van der Waals surface area contributed by atoms with Gasteiger partial charge in [-0.1, -0.05) is 62.4 Å². The maximum absolute atomic E-state index is 12.3. The van der Waals surface area contributed by atoms with Crippen LogP contribution in [0.25, 0.3) is 0 Å². The zero-order chi connectivity index (χ0) is 21.4. The van der Waals surface area contributed by atoms with Crippen LogP contribution in [0, 0.1) is 11.8 Å². The topological polar surface area (TPSA) is 9.23 Å².